The Balaban J connectivity index is 0.000000174. The molecule has 0 amide bonds. The summed E-state index contributed by atoms with van der Waals surface area (Å²) in [6, 6.07) is 39.5. The van der Waals surface area contributed by atoms with Crippen LogP contribution < -0.4 is 31.2 Å². The van der Waals surface area contributed by atoms with Gasteiger partial charge in [0.2, 0.25) is 0 Å². The summed E-state index contributed by atoms with van der Waals surface area (Å²) in [7, 11) is 0. The van der Waals surface area contributed by atoms with Crippen molar-refractivity contribution in [1.29, 1.82) is 0 Å². The van der Waals surface area contributed by atoms with E-state index in [0.29, 0.717) is 26.3 Å². The number of piperidine rings is 2. The standard InChI is InChI=1S/C25H27N5O.C19H24N2O/c26-17-25(20-6-8-21(9-7-20)31-16-19-4-2-1-3-5-19)11-14-30(15-12-25)24-22-10-13-27-23(22)28-18-29-24;20-15-19(10-12-21-13-11-19)17-6-8-18(9-7-17)22-14-16-4-2-1-3-5-16/h1-10,13,18H,11-12,14-17,26H2,(H,27,28,29);1-9,21H,10-15,20H2. The van der Waals surface area contributed by atoms with E-state index in [-0.39, 0.29) is 10.8 Å². The number of ether oxygens (including phenoxy) is 2. The van der Waals surface area contributed by atoms with Gasteiger partial charge in [-0.3, -0.25) is 0 Å². The van der Waals surface area contributed by atoms with Crippen LogP contribution in [0.2, 0.25) is 0 Å². The third kappa shape index (κ3) is 8.54. The molecule has 0 saturated carbocycles. The molecule has 8 rings (SSSR count). The zero-order valence-corrected chi connectivity index (χ0v) is 30.4. The lowest BCUT2D eigenvalue weighted by Crippen LogP contribution is -2.47. The number of rotatable bonds is 11. The molecule has 274 valence electrons. The number of hydrogen-bond donors (Lipinski definition) is 4. The first kappa shape index (κ1) is 36.2. The van der Waals surface area contributed by atoms with Crippen LogP contribution in [0.1, 0.15) is 47.9 Å². The number of aromatic nitrogens is 3. The maximum absolute atomic E-state index is 6.32. The zero-order valence-electron chi connectivity index (χ0n) is 30.4. The first-order valence-corrected chi connectivity index (χ1v) is 18.8. The lowest BCUT2D eigenvalue weighted by Gasteiger charge is -2.42. The van der Waals surface area contributed by atoms with Gasteiger partial charge in [-0.1, -0.05) is 84.9 Å². The molecule has 9 nitrogen and oxygen atoms in total. The summed E-state index contributed by atoms with van der Waals surface area (Å²) in [5.74, 6) is 2.79. The average molecular weight is 710 g/mol. The van der Waals surface area contributed by atoms with Crippen molar-refractivity contribution in [2.75, 3.05) is 44.2 Å². The first-order valence-electron chi connectivity index (χ1n) is 18.8. The van der Waals surface area contributed by atoms with Crippen molar-refractivity contribution in [3.05, 3.63) is 150 Å². The number of fused-ring (bicyclic) bond motifs is 1. The summed E-state index contributed by atoms with van der Waals surface area (Å²) in [5, 5.41) is 4.49. The molecule has 0 spiro atoms. The van der Waals surface area contributed by atoms with E-state index >= 15 is 0 Å². The van der Waals surface area contributed by atoms with E-state index in [1.165, 1.54) is 22.3 Å². The quantitative estimate of drug-likeness (QED) is 0.115. The van der Waals surface area contributed by atoms with Crippen molar-refractivity contribution in [3.63, 3.8) is 0 Å². The molecule has 6 aromatic rings. The fourth-order valence-corrected chi connectivity index (χ4v) is 7.68. The molecular formula is C44H51N7O2. The highest BCUT2D eigenvalue weighted by Crippen LogP contribution is 2.38. The van der Waals surface area contributed by atoms with Crippen LogP contribution in [0, 0.1) is 0 Å². The molecule has 2 aromatic heterocycles. The number of nitrogens with zero attached hydrogens (tertiary/aromatic N) is 3. The summed E-state index contributed by atoms with van der Waals surface area (Å²) in [6.45, 7) is 6.44. The van der Waals surface area contributed by atoms with Gasteiger partial charge in [-0.25, -0.2) is 9.97 Å². The van der Waals surface area contributed by atoms with Crippen LogP contribution in [-0.2, 0) is 24.0 Å². The van der Waals surface area contributed by atoms with Gasteiger partial charge in [-0.05, 0) is 91.4 Å². The largest absolute Gasteiger partial charge is 0.489 e. The highest BCUT2D eigenvalue weighted by Gasteiger charge is 2.36. The fourth-order valence-electron chi connectivity index (χ4n) is 7.68. The molecule has 2 saturated heterocycles. The van der Waals surface area contributed by atoms with Crippen LogP contribution in [0.15, 0.2) is 128 Å². The SMILES string of the molecule is NCC1(c2ccc(OCc3ccccc3)cc2)CCN(c2ncnc3[nH]ccc23)CC1.NCC1(c2ccc(OCc3ccccc3)cc2)CCNCC1. The van der Waals surface area contributed by atoms with Gasteiger partial charge in [0.25, 0.3) is 0 Å². The number of nitrogens with one attached hydrogen (secondary N) is 2. The molecule has 0 unspecified atom stereocenters. The number of aromatic amines is 1. The molecule has 53 heavy (non-hydrogen) atoms. The van der Waals surface area contributed by atoms with Gasteiger partial charge in [0.15, 0.2) is 0 Å². The lowest BCUT2D eigenvalue weighted by atomic mass is 9.73. The second-order valence-corrected chi connectivity index (χ2v) is 14.2. The monoisotopic (exact) mass is 709 g/mol. The van der Waals surface area contributed by atoms with Crippen molar-refractivity contribution in [2.45, 2.75) is 49.7 Å². The molecule has 4 heterocycles. The van der Waals surface area contributed by atoms with Crippen LogP contribution in [0.25, 0.3) is 11.0 Å². The van der Waals surface area contributed by atoms with Crippen LogP contribution in [0.4, 0.5) is 5.82 Å². The smallest absolute Gasteiger partial charge is 0.142 e. The molecule has 2 fully saturated rings. The predicted molar refractivity (Wildman–Crippen MR) is 213 cm³/mol. The van der Waals surface area contributed by atoms with E-state index in [4.69, 9.17) is 20.9 Å². The van der Waals surface area contributed by atoms with Gasteiger partial charge in [0.05, 0.1) is 5.39 Å². The van der Waals surface area contributed by atoms with Gasteiger partial charge < -0.3 is 36.1 Å². The number of anilines is 1. The second kappa shape index (κ2) is 17.1. The van der Waals surface area contributed by atoms with Crippen molar-refractivity contribution in [2.24, 2.45) is 11.5 Å². The summed E-state index contributed by atoms with van der Waals surface area (Å²) < 4.78 is 11.8. The van der Waals surface area contributed by atoms with Gasteiger partial charge >= 0.3 is 0 Å². The Kier molecular flexibility index (Phi) is 11.6. The predicted octanol–water partition coefficient (Wildman–Crippen LogP) is 6.88. The third-order valence-electron chi connectivity index (χ3n) is 11.1. The number of benzene rings is 4. The van der Waals surface area contributed by atoms with Gasteiger partial charge in [0.1, 0.15) is 42.5 Å². The highest BCUT2D eigenvalue weighted by atomic mass is 16.5. The Morgan fingerprint density at radius 1 is 0.604 bits per heavy atom. The Hall–Kier alpha value is -5.22. The molecule has 9 heteroatoms. The molecule has 4 aromatic carbocycles. The van der Waals surface area contributed by atoms with E-state index in [9.17, 15) is 0 Å². The van der Waals surface area contributed by atoms with Crippen LogP contribution in [0.3, 0.4) is 0 Å². The van der Waals surface area contributed by atoms with Crippen molar-refractivity contribution < 1.29 is 9.47 Å². The normalized spacial score (nSPS) is 16.4. The molecule has 0 aliphatic carbocycles. The topological polar surface area (TPSA) is 127 Å². The summed E-state index contributed by atoms with van der Waals surface area (Å²) in [6.07, 6.45) is 7.74. The van der Waals surface area contributed by atoms with Crippen LogP contribution in [0.5, 0.6) is 11.5 Å². The van der Waals surface area contributed by atoms with E-state index in [1.54, 1.807) is 6.33 Å². The Labute approximate surface area is 312 Å². The summed E-state index contributed by atoms with van der Waals surface area (Å²) in [5.41, 5.74) is 18.4. The van der Waals surface area contributed by atoms with E-state index in [2.05, 4.69) is 98.0 Å². The minimum Gasteiger partial charge on any atom is -0.489 e. The molecule has 0 bridgehead atoms. The zero-order chi connectivity index (χ0) is 36.4. The Morgan fingerprint density at radius 3 is 1.62 bits per heavy atom. The van der Waals surface area contributed by atoms with Crippen molar-refractivity contribution in [1.82, 2.24) is 20.3 Å². The van der Waals surface area contributed by atoms with E-state index < -0.39 is 0 Å². The second-order valence-electron chi connectivity index (χ2n) is 14.2. The number of H-pyrrole nitrogens is 1. The fraction of sp³-hybridized carbons (Fsp3) is 0.318. The third-order valence-corrected chi connectivity index (χ3v) is 11.1. The minimum atomic E-state index is -0.0151. The highest BCUT2D eigenvalue weighted by molar-refractivity contribution is 5.87. The van der Waals surface area contributed by atoms with Crippen molar-refractivity contribution in [3.8, 4) is 11.5 Å². The molecule has 6 N–H and O–H groups in total. The minimum absolute atomic E-state index is 0.0151. The molecule has 0 atom stereocenters. The molecule has 2 aliphatic heterocycles. The van der Waals surface area contributed by atoms with Gasteiger partial charge in [0, 0.05) is 43.2 Å². The number of nitrogens with two attached hydrogens (primary N) is 2. The van der Waals surface area contributed by atoms with Crippen LogP contribution in [-0.4, -0.2) is 54.2 Å². The number of hydrogen-bond acceptors (Lipinski definition) is 8. The Bertz CT molecular complexity index is 1990. The van der Waals surface area contributed by atoms with E-state index in [1.807, 2.05) is 48.7 Å². The molecule has 2 aliphatic rings. The van der Waals surface area contributed by atoms with Gasteiger partial charge in [-0.2, -0.15) is 0 Å². The van der Waals surface area contributed by atoms with E-state index in [0.717, 1.165) is 80.2 Å². The summed E-state index contributed by atoms with van der Waals surface area (Å²) in [4.78, 5) is 14.4. The maximum atomic E-state index is 6.32. The Morgan fingerprint density at radius 2 is 1.11 bits per heavy atom. The average Bonchev–Trinajstić information content (AvgIpc) is 3.74. The van der Waals surface area contributed by atoms with Crippen LogP contribution >= 0.6 is 0 Å². The molecule has 0 radical (unpaired) electrons. The summed E-state index contributed by atoms with van der Waals surface area (Å²) >= 11 is 0. The maximum Gasteiger partial charge on any atom is 0.142 e. The lowest BCUT2D eigenvalue weighted by molar-refractivity contribution is 0.302. The van der Waals surface area contributed by atoms with Crippen molar-refractivity contribution >= 4 is 16.9 Å². The molecular weight excluding hydrogens is 659 g/mol. The van der Waals surface area contributed by atoms with Gasteiger partial charge in [-0.15, -0.1) is 0 Å². The first-order chi connectivity index (χ1) is 26.1.